The number of benzene rings is 1. The van der Waals surface area contributed by atoms with Gasteiger partial charge >= 0.3 is 0 Å². The number of nitrogens with zero attached hydrogens (tertiary/aromatic N) is 1. The second-order valence-electron chi connectivity index (χ2n) is 3.97. The van der Waals surface area contributed by atoms with Crippen LogP contribution in [-0.4, -0.2) is 24.3 Å². The van der Waals surface area contributed by atoms with Crippen LogP contribution in [0.2, 0.25) is 0 Å². The molecule has 0 unspecified atom stereocenters. The highest BCUT2D eigenvalue weighted by Gasteiger charge is 2.30. The minimum atomic E-state index is -0.326. The van der Waals surface area contributed by atoms with Gasteiger partial charge in [-0.15, -0.1) is 0 Å². The number of halogens is 2. The van der Waals surface area contributed by atoms with Gasteiger partial charge in [-0.2, -0.15) is 0 Å². The van der Waals surface area contributed by atoms with Crippen molar-refractivity contribution in [1.29, 1.82) is 0 Å². The summed E-state index contributed by atoms with van der Waals surface area (Å²) in [4.78, 5) is 1.98. The molecule has 0 aromatic heterocycles. The van der Waals surface area contributed by atoms with Crippen molar-refractivity contribution in [1.82, 2.24) is 0 Å². The highest BCUT2D eigenvalue weighted by Crippen LogP contribution is 2.36. The van der Waals surface area contributed by atoms with Crippen LogP contribution in [0.25, 0.3) is 0 Å². The van der Waals surface area contributed by atoms with Crippen LogP contribution >= 0.6 is 15.9 Å². The lowest BCUT2D eigenvalue weighted by Gasteiger charge is -2.25. The van der Waals surface area contributed by atoms with Crippen LogP contribution in [-0.2, 0) is 0 Å². The average molecular weight is 289 g/mol. The zero-order chi connectivity index (χ0) is 11.7. The minimum absolute atomic E-state index is 0.0492. The first-order valence-corrected chi connectivity index (χ1v) is 6.05. The Balaban J connectivity index is 2.32. The molecule has 0 heterocycles. The van der Waals surface area contributed by atoms with Crippen LogP contribution in [0, 0.1) is 5.82 Å². The Bertz CT molecular complexity index is 396. The zero-order valence-electron chi connectivity index (χ0n) is 8.79. The summed E-state index contributed by atoms with van der Waals surface area (Å²) < 4.78 is 13.8. The maximum atomic E-state index is 13.5. The molecule has 16 heavy (non-hydrogen) atoms. The first-order valence-electron chi connectivity index (χ1n) is 5.25. The molecule has 1 aromatic rings. The molecule has 2 rings (SSSR count). The fraction of sp³-hybridized carbons (Fsp3) is 0.455. The van der Waals surface area contributed by atoms with Gasteiger partial charge in [0.1, 0.15) is 5.82 Å². The van der Waals surface area contributed by atoms with E-state index in [1.807, 2.05) is 4.90 Å². The summed E-state index contributed by atoms with van der Waals surface area (Å²) in [5, 5.41) is 9.00. The molecule has 3 N–H and O–H groups in total. The Hall–Kier alpha value is -0.810. The summed E-state index contributed by atoms with van der Waals surface area (Å²) in [5.74, 6) is -0.326. The topological polar surface area (TPSA) is 49.5 Å². The number of aliphatic hydroxyl groups is 1. The van der Waals surface area contributed by atoms with Gasteiger partial charge in [-0.05, 0) is 34.8 Å². The predicted molar refractivity (Wildman–Crippen MR) is 66.0 cm³/mol. The molecule has 0 atom stereocenters. The van der Waals surface area contributed by atoms with Gasteiger partial charge in [-0.25, -0.2) is 4.39 Å². The third-order valence-corrected chi connectivity index (χ3v) is 3.32. The van der Waals surface area contributed by atoms with Crippen molar-refractivity contribution in [2.75, 3.05) is 23.8 Å². The maximum absolute atomic E-state index is 13.5. The Kier molecular flexibility index (Phi) is 3.35. The standard InChI is InChI=1S/C11H14BrFN2O/c12-8-5-10(14)11(6-9(8)13)15(3-4-16)7-1-2-7/h5-7,16H,1-4,14H2. The zero-order valence-corrected chi connectivity index (χ0v) is 10.4. The third-order valence-electron chi connectivity index (χ3n) is 2.71. The largest absolute Gasteiger partial charge is 0.397 e. The number of anilines is 2. The van der Waals surface area contributed by atoms with Crippen molar-refractivity contribution < 1.29 is 9.50 Å². The second-order valence-corrected chi connectivity index (χ2v) is 4.83. The number of hydrogen-bond acceptors (Lipinski definition) is 3. The molecule has 1 aliphatic carbocycles. The molecule has 0 saturated heterocycles. The molecule has 0 bridgehead atoms. The van der Waals surface area contributed by atoms with E-state index in [9.17, 15) is 4.39 Å². The second kappa shape index (κ2) is 4.59. The summed E-state index contributed by atoms with van der Waals surface area (Å²) >= 11 is 3.10. The summed E-state index contributed by atoms with van der Waals surface area (Å²) in [6, 6.07) is 3.39. The molecule has 1 aliphatic rings. The van der Waals surface area contributed by atoms with E-state index in [1.54, 1.807) is 6.07 Å². The van der Waals surface area contributed by atoms with E-state index in [-0.39, 0.29) is 12.4 Å². The van der Waals surface area contributed by atoms with Crippen molar-refractivity contribution in [3.8, 4) is 0 Å². The van der Waals surface area contributed by atoms with Crippen LogP contribution in [0.3, 0.4) is 0 Å². The van der Waals surface area contributed by atoms with Crippen LogP contribution < -0.4 is 10.6 Å². The van der Waals surface area contributed by atoms with Crippen molar-refractivity contribution in [3.05, 3.63) is 22.4 Å². The molecule has 0 radical (unpaired) electrons. The number of nitrogen functional groups attached to an aromatic ring is 1. The smallest absolute Gasteiger partial charge is 0.139 e. The third kappa shape index (κ3) is 2.30. The van der Waals surface area contributed by atoms with Crippen molar-refractivity contribution in [2.24, 2.45) is 0 Å². The molecule has 0 aliphatic heterocycles. The molecule has 1 aromatic carbocycles. The highest BCUT2D eigenvalue weighted by atomic mass is 79.9. The fourth-order valence-corrected chi connectivity index (χ4v) is 2.16. The van der Waals surface area contributed by atoms with E-state index >= 15 is 0 Å². The SMILES string of the molecule is Nc1cc(Br)c(F)cc1N(CCO)C1CC1. The van der Waals surface area contributed by atoms with Gasteiger partial charge in [0.15, 0.2) is 0 Å². The molecule has 1 saturated carbocycles. The molecular weight excluding hydrogens is 275 g/mol. The van der Waals surface area contributed by atoms with E-state index < -0.39 is 0 Å². The summed E-state index contributed by atoms with van der Waals surface area (Å²) in [6.07, 6.45) is 2.16. The molecule has 3 nitrogen and oxygen atoms in total. The summed E-state index contributed by atoms with van der Waals surface area (Å²) in [6.45, 7) is 0.545. The molecule has 0 amide bonds. The summed E-state index contributed by atoms with van der Waals surface area (Å²) in [5.41, 5.74) is 7.08. The molecule has 0 spiro atoms. The van der Waals surface area contributed by atoms with E-state index in [4.69, 9.17) is 10.8 Å². The first-order chi connectivity index (χ1) is 7.63. The Morgan fingerprint density at radius 2 is 2.19 bits per heavy atom. The number of nitrogens with two attached hydrogens (primary N) is 1. The molecule has 5 heteroatoms. The number of rotatable bonds is 4. The van der Waals surface area contributed by atoms with Crippen LogP contribution in [0.1, 0.15) is 12.8 Å². The first kappa shape index (κ1) is 11.7. The maximum Gasteiger partial charge on any atom is 0.139 e. The fourth-order valence-electron chi connectivity index (χ4n) is 1.79. The van der Waals surface area contributed by atoms with Crippen LogP contribution in [0.4, 0.5) is 15.8 Å². The van der Waals surface area contributed by atoms with E-state index in [1.165, 1.54) is 6.07 Å². The van der Waals surface area contributed by atoms with Gasteiger partial charge < -0.3 is 15.7 Å². The minimum Gasteiger partial charge on any atom is -0.397 e. The molecule has 1 fully saturated rings. The van der Waals surface area contributed by atoms with Gasteiger partial charge in [0.05, 0.1) is 22.5 Å². The van der Waals surface area contributed by atoms with Crippen molar-refractivity contribution in [2.45, 2.75) is 18.9 Å². The van der Waals surface area contributed by atoms with Gasteiger partial charge in [-0.3, -0.25) is 0 Å². The van der Waals surface area contributed by atoms with E-state index in [0.717, 1.165) is 12.8 Å². The highest BCUT2D eigenvalue weighted by molar-refractivity contribution is 9.10. The van der Waals surface area contributed by atoms with Gasteiger partial charge in [-0.1, -0.05) is 0 Å². The Morgan fingerprint density at radius 1 is 1.50 bits per heavy atom. The Morgan fingerprint density at radius 3 is 2.75 bits per heavy atom. The quantitative estimate of drug-likeness (QED) is 0.835. The normalized spacial score (nSPS) is 15.2. The van der Waals surface area contributed by atoms with Crippen molar-refractivity contribution in [3.63, 3.8) is 0 Å². The number of aliphatic hydroxyl groups excluding tert-OH is 1. The monoisotopic (exact) mass is 288 g/mol. The van der Waals surface area contributed by atoms with Crippen LogP contribution in [0.15, 0.2) is 16.6 Å². The van der Waals surface area contributed by atoms with Gasteiger partial charge in [0, 0.05) is 18.7 Å². The molecular formula is C11H14BrFN2O. The lowest BCUT2D eigenvalue weighted by atomic mass is 10.2. The number of hydrogen-bond donors (Lipinski definition) is 2. The molecule has 88 valence electrons. The van der Waals surface area contributed by atoms with Gasteiger partial charge in [0.25, 0.3) is 0 Å². The lowest BCUT2D eigenvalue weighted by Crippen LogP contribution is -2.29. The van der Waals surface area contributed by atoms with E-state index in [2.05, 4.69) is 15.9 Å². The van der Waals surface area contributed by atoms with Gasteiger partial charge in [0.2, 0.25) is 0 Å². The predicted octanol–water partition coefficient (Wildman–Crippen LogP) is 2.13. The Labute approximate surface area is 102 Å². The van der Waals surface area contributed by atoms with Crippen molar-refractivity contribution >= 4 is 27.3 Å². The average Bonchev–Trinajstić information content (AvgIpc) is 3.04. The summed E-state index contributed by atoms with van der Waals surface area (Å²) in [7, 11) is 0. The lowest BCUT2D eigenvalue weighted by molar-refractivity contribution is 0.301. The van der Waals surface area contributed by atoms with Crippen LogP contribution in [0.5, 0.6) is 0 Å². The van der Waals surface area contributed by atoms with E-state index in [0.29, 0.717) is 28.4 Å².